The van der Waals surface area contributed by atoms with Crippen molar-refractivity contribution in [3.05, 3.63) is 0 Å². The van der Waals surface area contributed by atoms with Gasteiger partial charge in [-0.3, -0.25) is 0 Å². The van der Waals surface area contributed by atoms with Crippen molar-refractivity contribution >= 4 is 34.2 Å². The minimum absolute atomic E-state index is 0.0483. The van der Waals surface area contributed by atoms with Crippen LogP contribution in [0.25, 0.3) is 0 Å². The first kappa shape index (κ1) is 13.0. The number of ether oxygens (including phenoxy) is 1. The molecule has 5 atom stereocenters. The van der Waals surface area contributed by atoms with Crippen LogP contribution in [0, 0.1) is 17.8 Å². The van der Waals surface area contributed by atoms with Crippen LogP contribution < -0.4 is 5.32 Å². The van der Waals surface area contributed by atoms with Crippen molar-refractivity contribution in [1.82, 2.24) is 5.32 Å². The van der Waals surface area contributed by atoms with E-state index >= 15 is 0 Å². The van der Waals surface area contributed by atoms with Crippen molar-refractivity contribution < 1.29 is 4.74 Å². The molecule has 0 amide bonds. The summed E-state index contributed by atoms with van der Waals surface area (Å²) in [7, 11) is 1.74. The molecular formula is C10H19ClINO. The summed E-state index contributed by atoms with van der Waals surface area (Å²) >= 11 is 8.84. The van der Waals surface area contributed by atoms with Crippen molar-refractivity contribution in [2.24, 2.45) is 17.8 Å². The van der Waals surface area contributed by atoms with Gasteiger partial charge in [0.25, 0.3) is 0 Å². The summed E-state index contributed by atoms with van der Waals surface area (Å²) in [5, 5.41) is 3.37. The lowest BCUT2D eigenvalue weighted by atomic mass is 9.88. The second-order valence-corrected chi connectivity index (χ2v) is 6.12. The highest BCUT2D eigenvalue weighted by atomic mass is 127. The van der Waals surface area contributed by atoms with E-state index in [0.717, 1.165) is 13.2 Å². The van der Waals surface area contributed by atoms with E-state index < -0.39 is 0 Å². The average molecular weight is 332 g/mol. The van der Waals surface area contributed by atoms with Crippen LogP contribution in [-0.2, 0) is 4.74 Å². The molecular weight excluding hydrogens is 312 g/mol. The highest BCUT2D eigenvalue weighted by molar-refractivity contribution is 14.1. The predicted octanol–water partition coefficient (Wildman–Crippen LogP) is 2.49. The number of hydrogen-bond acceptors (Lipinski definition) is 2. The molecule has 0 aromatic heterocycles. The Labute approximate surface area is 105 Å². The van der Waals surface area contributed by atoms with E-state index in [4.69, 9.17) is 16.3 Å². The smallest absolute Gasteiger partial charge is 0.0879 e. The van der Waals surface area contributed by atoms with E-state index in [1.807, 2.05) is 0 Å². The van der Waals surface area contributed by atoms with E-state index in [-0.39, 0.29) is 5.50 Å². The number of alkyl halides is 2. The van der Waals surface area contributed by atoms with Crippen LogP contribution in [0.15, 0.2) is 0 Å². The lowest BCUT2D eigenvalue weighted by Crippen LogP contribution is -2.35. The Kier molecular flexibility index (Phi) is 5.45. The Morgan fingerprint density at radius 1 is 1.50 bits per heavy atom. The molecule has 1 aliphatic rings. The summed E-state index contributed by atoms with van der Waals surface area (Å²) in [6, 6.07) is 0. The van der Waals surface area contributed by atoms with Gasteiger partial charge in [-0.1, -0.05) is 36.4 Å². The van der Waals surface area contributed by atoms with Crippen molar-refractivity contribution in [3.8, 4) is 0 Å². The molecule has 1 saturated heterocycles. The molecule has 0 radical (unpaired) electrons. The molecule has 1 N–H and O–H groups in total. The minimum Gasteiger partial charge on any atom is -0.384 e. The second kappa shape index (κ2) is 5.87. The van der Waals surface area contributed by atoms with Gasteiger partial charge in [0.05, 0.1) is 12.1 Å². The third-order valence-electron chi connectivity index (χ3n) is 3.09. The molecule has 0 spiro atoms. The fourth-order valence-corrected chi connectivity index (χ4v) is 3.19. The maximum atomic E-state index is 6.30. The van der Waals surface area contributed by atoms with Crippen molar-refractivity contribution in [3.63, 3.8) is 0 Å². The monoisotopic (exact) mass is 331 g/mol. The van der Waals surface area contributed by atoms with E-state index in [2.05, 4.69) is 41.8 Å². The van der Waals surface area contributed by atoms with E-state index in [0.29, 0.717) is 21.7 Å². The van der Waals surface area contributed by atoms with Crippen LogP contribution in [0.5, 0.6) is 0 Å². The Morgan fingerprint density at radius 2 is 2.14 bits per heavy atom. The van der Waals surface area contributed by atoms with Gasteiger partial charge in [-0.2, -0.15) is 0 Å². The number of hydrogen-bond donors (Lipinski definition) is 1. The van der Waals surface area contributed by atoms with Gasteiger partial charge in [0.15, 0.2) is 0 Å². The molecule has 84 valence electrons. The fourth-order valence-electron chi connectivity index (χ4n) is 2.01. The topological polar surface area (TPSA) is 21.3 Å². The minimum atomic E-state index is 0.0483. The quantitative estimate of drug-likeness (QED) is 0.477. The third-order valence-corrected chi connectivity index (χ3v) is 5.93. The van der Waals surface area contributed by atoms with Crippen molar-refractivity contribution in [2.45, 2.75) is 23.3 Å². The highest BCUT2D eigenvalue weighted by Gasteiger charge is 2.35. The molecule has 1 rings (SSSR count). The van der Waals surface area contributed by atoms with Crippen LogP contribution in [0.2, 0.25) is 0 Å². The second-order valence-electron chi connectivity index (χ2n) is 4.21. The van der Waals surface area contributed by atoms with Gasteiger partial charge < -0.3 is 10.1 Å². The molecule has 1 heterocycles. The lowest BCUT2D eigenvalue weighted by molar-refractivity contribution is 0.121. The molecule has 1 aliphatic heterocycles. The largest absolute Gasteiger partial charge is 0.384 e. The SMILES string of the molecule is COCC1C(Cl)NCC(C)C(I)[C@@H]1C. The van der Waals surface area contributed by atoms with E-state index in [1.54, 1.807) is 7.11 Å². The molecule has 4 heteroatoms. The van der Waals surface area contributed by atoms with Crippen molar-refractivity contribution in [1.29, 1.82) is 0 Å². The van der Waals surface area contributed by atoms with Gasteiger partial charge in [-0.05, 0) is 11.8 Å². The summed E-state index contributed by atoms with van der Waals surface area (Å²) in [6.45, 7) is 6.31. The Hall–Kier alpha value is 0.940. The zero-order valence-electron chi connectivity index (χ0n) is 8.97. The Morgan fingerprint density at radius 3 is 2.71 bits per heavy atom. The summed E-state index contributed by atoms with van der Waals surface area (Å²) in [5.41, 5.74) is 0.0483. The molecule has 0 aliphatic carbocycles. The van der Waals surface area contributed by atoms with E-state index in [1.165, 1.54) is 0 Å². The molecule has 2 nitrogen and oxygen atoms in total. The first-order valence-corrected chi connectivity index (χ1v) is 6.76. The van der Waals surface area contributed by atoms with E-state index in [9.17, 15) is 0 Å². The maximum Gasteiger partial charge on any atom is 0.0879 e. The summed E-state index contributed by atoms with van der Waals surface area (Å²) in [6.07, 6.45) is 0. The van der Waals surface area contributed by atoms with Gasteiger partial charge in [0, 0.05) is 23.5 Å². The van der Waals surface area contributed by atoms with Crippen LogP contribution in [0.1, 0.15) is 13.8 Å². The van der Waals surface area contributed by atoms with Crippen LogP contribution >= 0.6 is 34.2 Å². The fraction of sp³-hybridized carbons (Fsp3) is 1.00. The number of methoxy groups -OCH3 is 1. The summed E-state index contributed by atoms with van der Waals surface area (Å²) in [4.78, 5) is 0. The van der Waals surface area contributed by atoms with Gasteiger partial charge in [-0.15, -0.1) is 11.6 Å². The van der Waals surface area contributed by atoms with Crippen LogP contribution in [-0.4, -0.2) is 29.7 Å². The maximum absolute atomic E-state index is 6.30. The lowest BCUT2D eigenvalue weighted by Gasteiger charge is -2.28. The molecule has 0 aromatic rings. The Bertz CT molecular complexity index is 182. The predicted molar refractivity (Wildman–Crippen MR) is 69.1 cm³/mol. The van der Waals surface area contributed by atoms with Crippen molar-refractivity contribution in [2.75, 3.05) is 20.3 Å². The first-order valence-electron chi connectivity index (χ1n) is 5.08. The zero-order chi connectivity index (χ0) is 10.7. The number of halogens is 2. The van der Waals surface area contributed by atoms with Gasteiger partial charge in [-0.25, -0.2) is 0 Å². The van der Waals surface area contributed by atoms with Gasteiger partial charge in [0.1, 0.15) is 0 Å². The Balaban J connectivity index is 2.69. The normalized spacial score (nSPS) is 44.8. The van der Waals surface area contributed by atoms with Crippen LogP contribution in [0.3, 0.4) is 0 Å². The first-order chi connectivity index (χ1) is 6.57. The molecule has 0 aromatic carbocycles. The molecule has 1 fully saturated rings. The number of nitrogens with one attached hydrogen (secondary N) is 1. The summed E-state index contributed by atoms with van der Waals surface area (Å²) < 4.78 is 5.90. The highest BCUT2D eigenvalue weighted by Crippen LogP contribution is 2.33. The zero-order valence-corrected chi connectivity index (χ0v) is 11.9. The molecule has 0 bridgehead atoms. The van der Waals surface area contributed by atoms with Gasteiger partial charge in [0.2, 0.25) is 0 Å². The molecule has 14 heavy (non-hydrogen) atoms. The number of rotatable bonds is 2. The van der Waals surface area contributed by atoms with Crippen LogP contribution in [0.4, 0.5) is 0 Å². The standard InChI is InChI=1S/C10H19ClINO/c1-6-4-13-10(11)8(5-14-3)7(2)9(6)12/h6-10,13H,4-5H2,1-3H3/t6?,7-,8?,9?,10?/m1/s1. The third kappa shape index (κ3) is 2.97. The molecule has 4 unspecified atom stereocenters. The average Bonchev–Trinajstić information content (AvgIpc) is 2.25. The summed E-state index contributed by atoms with van der Waals surface area (Å²) in [5.74, 6) is 1.69. The van der Waals surface area contributed by atoms with Gasteiger partial charge >= 0.3 is 0 Å². The molecule has 0 saturated carbocycles.